The zero-order valence-corrected chi connectivity index (χ0v) is 68.1. The van der Waals surface area contributed by atoms with Gasteiger partial charge in [-0.15, -0.1) is 35.4 Å². The molecule has 1 aliphatic rings. The Hall–Kier alpha value is -14.2. The molecule has 119 heavy (non-hydrogen) atoms. The summed E-state index contributed by atoms with van der Waals surface area (Å²) in [6.45, 7) is 4.27. The van der Waals surface area contributed by atoms with Gasteiger partial charge in [0, 0.05) is 26.3 Å². The second-order valence-electron chi connectivity index (χ2n) is 30.6. The Kier molecular flexibility index (Phi) is 22.5. The van der Waals surface area contributed by atoms with Crippen LogP contribution in [0.25, 0.3) is 167 Å². The first kappa shape index (κ1) is 77.3. The van der Waals surface area contributed by atoms with E-state index in [2.05, 4.69) is 456 Å². The van der Waals surface area contributed by atoms with E-state index >= 15 is 0 Å². The SMILES string of the molecule is C.Cc1ccc(C)c(-c2cc[c-]c(-c3ccccn3)c2)c1.[Ir].c1ccc(-c2cc(-c3ccccc3)cc(-c3cc(-c4cc(-c5ccccc5)cc(-c5ccccc5)c4)cc(C4(c5cc(-c6cc(-c7ccccc7)cc(-c7ccccc7)c6)cc(-c6cc(-c7ccccc7)cc(-c7ccccc7)c6)c5)c5ccccc5-c5ccccc54)c3)c2)cc1. The maximum absolute atomic E-state index is 4.39. The number of fused-ring (bicyclic) bond motifs is 3. The van der Waals surface area contributed by atoms with E-state index in [4.69, 9.17) is 0 Å². The molecule has 1 heterocycles. The molecule has 569 valence electrons. The fourth-order valence-electron chi connectivity index (χ4n) is 17.3. The van der Waals surface area contributed by atoms with Gasteiger partial charge in [-0.2, -0.15) is 0 Å². The van der Waals surface area contributed by atoms with Crippen LogP contribution in [0.5, 0.6) is 0 Å². The fraction of sp³-hybridized carbons (Fsp3) is 0.0342. The molecule has 0 N–H and O–H groups in total. The molecule has 0 bridgehead atoms. The summed E-state index contributed by atoms with van der Waals surface area (Å²) < 4.78 is 0. The number of rotatable bonds is 16. The molecule has 0 fully saturated rings. The van der Waals surface area contributed by atoms with Crippen LogP contribution in [-0.4, -0.2) is 4.98 Å². The number of aromatic nitrogens is 1. The minimum Gasteiger partial charge on any atom is -0.305 e. The molecule has 20 rings (SSSR count). The second-order valence-corrected chi connectivity index (χ2v) is 30.6. The van der Waals surface area contributed by atoms with Crippen LogP contribution < -0.4 is 0 Å². The Morgan fingerprint density at radius 2 is 0.462 bits per heavy atom. The first-order valence-electron chi connectivity index (χ1n) is 40.3. The van der Waals surface area contributed by atoms with Crippen molar-refractivity contribution in [3.05, 3.63) is 501 Å². The largest absolute Gasteiger partial charge is 0.305 e. The zero-order chi connectivity index (χ0) is 78.4. The molecule has 0 spiro atoms. The summed E-state index contributed by atoms with van der Waals surface area (Å²) in [7, 11) is 0. The van der Waals surface area contributed by atoms with Gasteiger partial charge in [-0.05, 0) is 313 Å². The van der Waals surface area contributed by atoms with Gasteiger partial charge in [-0.25, -0.2) is 0 Å². The summed E-state index contributed by atoms with van der Waals surface area (Å²) >= 11 is 0. The van der Waals surface area contributed by atoms with Gasteiger partial charge < -0.3 is 4.98 Å². The summed E-state index contributed by atoms with van der Waals surface area (Å²) in [6.07, 6.45) is 1.81. The van der Waals surface area contributed by atoms with Crippen LogP contribution in [0, 0.1) is 19.9 Å². The molecule has 0 aliphatic heterocycles. The Morgan fingerprint density at radius 1 is 0.210 bits per heavy atom. The van der Waals surface area contributed by atoms with Gasteiger partial charge in [-0.1, -0.05) is 335 Å². The molecule has 1 aliphatic carbocycles. The van der Waals surface area contributed by atoms with E-state index in [-0.39, 0.29) is 27.5 Å². The van der Waals surface area contributed by atoms with Crippen LogP contribution in [0.1, 0.15) is 40.8 Å². The second kappa shape index (κ2) is 34.7. The molecule has 0 unspecified atom stereocenters. The number of aryl methyl sites for hydroxylation is 2. The molecule has 0 amide bonds. The van der Waals surface area contributed by atoms with E-state index in [1.54, 1.807) is 0 Å². The van der Waals surface area contributed by atoms with Crippen LogP contribution in [-0.2, 0) is 25.5 Å². The van der Waals surface area contributed by atoms with Crippen molar-refractivity contribution in [3.8, 4) is 167 Å². The van der Waals surface area contributed by atoms with Crippen molar-refractivity contribution in [3.63, 3.8) is 0 Å². The van der Waals surface area contributed by atoms with E-state index in [9.17, 15) is 0 Å². The monoisotopic (exact) mass is 1700 g/mol. The van der Waals surface area contributed by atoms with Crippen LogP contribution >= 0.6 is 0 Å². The Bertz CT molecular complexity index is 5900. The van der Waals surface area contributed by atoms with Crippen LogP contribution in [0.4, 0.5) is 0 Å². The van der Waals surface area contributed by atoms with E-state index in [1.807, 2.05) is 30.5 Å². The third-order valence-electron chi connectivity index (χ3n) is 23.1. The van der Waals surface area contributed by atoms with Crippen LogP contribution in [0.15, 0.2) is 461 Å². The van der Waals surface area contributed by atoms with Crippen LogP contribution in [0.2, 0.25) is 0 Å². The molecule has 0 saturated heterocycles. The molecule has 0 atom stereocenters. The van der Waals surface area contributed by atoms with Gasteiger partial charge in [0.25, 0.3) is 0 Å². The molecule has 2 heteroatoms. The van der Waals surface area contributed by atoms with Crippen molar-refractivity contribution in [2.45, 2.75) is 26.7 Å². The average molecular weight is 1700 g/mol. The van der Waals surface area contributed by atoms with E-state index in [1.165, 1.54) is 100 Å². The third kappa shape index (κ3) is 16.0. The standard InChI is InChI=1S/C97H66.C19H16N.CH4.Ir/c1-9-29-67(30-10-1)75-49-76(68-31-11-2-12-32-68)54-83(53-75)87-61-88(84-55-77(69-33-13-3-14-34-69)50-78(56-84)70-35-15-4-16-36-70)64-91(63-87)97(95-47-27-25-45-93(95)94-46-26-28-48-96(94)97)92-65-89(85-57-79(71-37-17-5-18-38-71)51-80(58-85)72-39-19-6-20-40-72)62-90(66-92)86-59-81(73-41-21-7-22-42-73)52-82(60-86)74-43-23-8-24-44-74;1-14-9-10-15(2)18(12-14)16-6-5-7-17(13-16)19-8-3-4-11-20-19;;/h1-66H;3-6,8-13H,1-2H3;1H4;/q;-1;;. The van der Waals surface area contributed by atoms with Crippen molar-refractivity contribution < 1.29 is 20.1 Å². The van der Waals surface area contributed by atoms with E-state index in [0.29, 0.717) is 0 Å². The van der Waals surface area contributed by atoms with Gasteiger partial charge in [-0.3, -0.25) is 0 Å². The van der Waals surface area contributed by atoms with Crippen molar-refractivity contribution >= 4 is 0 Å². The summed E-state index contributed by atoms with van der Waals surface area (Å²) in [4.78, 5) is 4.39. The van der Waals surface area contributed by atoms with Crippen molar-refractivity contribution in [2.24, 2.45) is 0 Å². The average Bonchev–Trinajstić information content (AvgIpc) is 1.11. The third-order valence-corrected chi connectivity index (χ3v) is 23.1. The zero-order valence-electron chi connectivity index (χ0n) is 65.7. The van der Waals surface area contributed by atoms with E-state index < -0.39 is 5.41 Å². The molecule has 19 aromatic rings. The van der Waals surface area contributed by atoms with E-state index in [0.717, 1.165) is 100 Å². The van der Waals surface area contributed by atoms with Gasteiger partial charge in [0.15, 0.2) is 0 Å². The number of pyridine rings is 1. The number of nitrogens with zero attached hydrogens (tertiary/aromatic N) is 1. The Labute approximate surface area is 714 Å². The maximum atomic E-state index is 4.39. The Balaban J connectivity index is 0.000000402. The molecule has 0 saturated carbocycles. The van der Waals surface area contributed by atoms with Gasteiger partial charge in [0.1, 0.15) is 0 Å². The molecular formula is C117H86IrN-. The number of hydrogen-bond donors (Lipinski definition) is 0. The smallest absolute Gasteiger partial charge is 0.0714 e. The normalized spacial score (nSPS) is 11.5. The molecule has 1 radical (unpaired) electrons. The minimum absolute atomic E-state index is 0. The number of benzene rings is 18. The van der Waals surface area contributed by atoms with Crippen molar-refractivity contribution in [1.29, 1.82) is 0 Å². The topological polar surface area (TPSA) is 12.9 Å². The molecule has 1 nitrogen and oxygen atoms in total. The van der Waals surface area contributed by atoms with Gasteiger partial charge in [0.2, 0.25) is 0 Å². The van der Waals surface area contributed by atoms with Gasteiger partial charge in [0.05, 0.1) is 5.41 Å². The summed E-state index contributed by atoms with van der Waals surface area (Å²) in [6, 6.07) is 171. The van der Waals surface area contributed by atoms with Crippen molar-refractivity contribution in [2.75, 3.05) is 0 Å². The predicted molar refractivity (Wildman–Crippen MR) is 499 cm³/mol. The Morgan fingerprint density at radius 3 is 0.739 bits per heavy atom. The van der Waals surface area contributed by atoms with Crippen LogP contribution in [0.3, 0.4) is 0 Å². The quantitative estimate of drug-likeness (QED) is 0.0879. The minimum atomic E-state index is -0.889. The first-order valence-corrected chi connectivity index (χ1v) is 40.3. The van der Waals surface area contributed by atoms with Gasteiger partial charge >= 0.3 is 0 Å². The van der Waals surface area contributed by atoms with Crippen molar-refractivity contribution in [1.82, 2.24) is 4.98 Å². The summed E-state index contributed by atoms with van der Waals surface area (Å²) in [5.41, 5.74) is 41.0. The summed E-state index contributed by atoms with van der Waals surface area (Å²) in [5.74, 6) is 0. The maximum Gasteiger partial charge on any atom is 0.0714 e. The molecule has 1 aromatic heterocycles. The molecule has 18 aromatic carbocycles. The predicted octanol–water partition coefficient (Wildman–Crippen LogP) is 31.5. The fourth-order valence-corrected chi connectivity index (χ4v) is 17.3. The first-order chi connectivity index (χ1) is 57.8. The summed E-state index contributed by atoms with van der Waals surface area (Å²) in [5, 5.41) is 0. The number of hydrogen-bond acceptors (Lipinski definition) is 1. The molecular weight excluding hydrogens is 1610 g/mol.